The fourth-order valence-corrected chi connectivity index (χ4v) is 3.42. The van der Waals surface area contributed by atoms with Crippen molar-refractivity contribution in [3.05, 3.63) is 29.6 Å². The smallest absolute Gasteiger partial charge is 0.246 e. The van der Waals surface area contributed by atoms with Crippen molar-refractivity contribution in [1.82, 2.24) is 9.62 Å². The average molecular weight is 258 g/mol. The molecule has 1 aromatic carbocycles. The molecule has 2 rings (SSSR count). The number of piperazine rings is 1. The van der Waals surface area contributed by atoms with Gasteiger partial charge in [-0.1, -0.05) is 12.1 Å². The van der Waals surface area contributed by atoms with Crippen LogP contribution in [0.2, 0.25) is 0 Å². The van der Waals surface area contributed by atoms with Crippen LogP contribution in [0.4, 0.5) is 4.39 Å². The van der Waals surface area contributed by atoms with Crippen molar-refractivity contribution < 1.29 is 12.8 Å². The number of hydrogen-bond donors (Lipinski definition) is 1. The largest absolute Gasteiger partial charge is 0.314 e. The van der Waals surface area contributed by atoms with Crippen LogP contribution in [0.5, 0.6) is 0 Å². The summed E-state index contributed by atoms with van der Waals surface area (Å²) in [5, 5.41) is 3.06. The van der Waals surface area contributed by atoms with Crippen LogP contribution in [0.25, 0.3) is 0 Å². The van der Waals surface area contributed by atoms with Crippen molar-refractivity contribution in [3.63, 3.8) is 0 Å². The van der Waals surface area contributed by atoms with Crippen LogP contribution in [0.1, 0.15) is 5.56 Å². The van der Waals surface area contributed by atoms with E-state index in [1.165, 1.54) is 10.4 Å². The van der Waals surface area contributed by atoms with Crippen molar-refractivity contribution in [3.8, 4) is 0 Å². The summed E-state index contributed by atoms with van der Waals surface area (Å²) in [6.45, 7) is 3.54. The summed E-state index contributed by atoms with van der Waals surface area (Å²) in [4.78, 5) is -0.223. The first-order chi connectivity index (χ1) is 8.03. The number of rotatable bonds is 2. The molecule has 4 nitrogen and oxygen atoms in total. The summed E-state index contributed by atoms with van der Waals surface area (Å²) in [6.07, 6.45) is 0. The molecule has 0 saturated carbocycles. The highest BCUT2D eigenvalue weighted by atomic mass is 32.2. The first-order valence-electron chi connectivity index (χ1n) is 5.49. The lowest BCUT2D eigenvalue weighted by molar-refractivity contribution is 0.358. The second kappa shape index (κ2) is 4.72. The Hall–Kier alpha value is -0.980. The molecule has 17 heavy (non-hydrogen) atoms. The molecular formula is C11H15FN2O2S. The minimum atomic E-state index is -3.70. The summed E-state index contributed by atoms with van der Waals surface area (Å²) in [5.74, 6) is -0.647. The van der Waals surface area contributed by atoms with Gasteiger partial charge in [-0.25, -0.2) is 12.8 Å². The molecular weight excluding hydrogens is 243 g/mol. The Morgan fingerprint density at radius 3 is 2.59 bits per heavy atom. The van der Waals surface area contributed by atoms with E-state index in [9.17, 15) is 12.8 Å². The van der Waals surface area contributed by atoms with Crippen LogP contribution < -0.4 is 5.32 Å². The van der Waals surface area contributed by atoms with Gasteiger partial charge in [-0.2, -0.15) is 4.31 Å². The summed E-state index contributed by atoms with van der Waals surface area (Å²) < 4.78 is 39.6. The van der Waals surface area contributed by atoms with E-state index in [1.54, 1.807) is 19.1 Å². The van der Waals surface area contributed by atoms with E-state index in [-0.39, 0.29) is 4.90 Å². The van der Waals surface area contributed by atoms with E-state index < -0.39 is 15.8 Å². The van der Waals surface area contributed by atoms with Gasteiger partial charge in [-0.15, -0.1) is 0 Å². The van der Waals surface area contributed by atoms with Crippen LogP contribution in [-0.4, -0.2) is 38.9 Å². The topological polar surface area (TPSA) is 49.4 Å². The predicted molar refractivity (Wildman–Crippen MR) is 62.8 cm³/mol. The predicted octanol–water partition coefficient (Wildman–Crippen LogP) is 0.728. The van der Waals surface area contributed by atoms with Gasteiger partial charge in [0, 0.05) is 26.2 Å². The molecule has 1 saturated heterocycles. The van der Waals surface area contributed by atoms with E-state index in [0.29, 0.717) is 31.7 Å². The van der Waals surface area contributed by atoms with Gasteiger partial charge >= 0.3 is 0 Å². The number of benzene rings is 1. The van der Waals surface area contributed by atoms with E-state index in [4.69, 9.17) is 0 Å². The Labute approximate surface area is 100 Å². The maximum atomic E-state index is 13.8. The van der Waals surface area contributed by atoms with Crippen LogP contribution in [-0.2, 0) is 10.0 Å². The molecule has 0 spiro atoms. The second-order valence-corrected chi connectivity index (χ2v) is 5.95. The fraction of sp³-hybridized carbons (Fsp3) is 0.455. The van der Waals surface area contributed by atoms with Crippen molar-refractivity contribution in [1.29, 1.82) is 0 Å². The minimum Gasteiger partial charge on any atom is -0.314 e. The van der Waals surface area contributed by atoms with Crippen LogP contribution >= 0.6 is 0 Å². The normalized spacial score (nSPS) is 18.2. The van der Waals surface area contributed by atoms with E-state index in [0.717, 1.165) is 0 Å². The Morgan fingerprint density at radius 2 is 1.94 bits per heavy atom. The lowest BCUT2D eigenvalue weighted by atomic mass is 10.2. The van der Waals surface area contributed by atoms with Gasteiger partial charge in [0.2, 0.25) is 10.0 Å². The third-order valence-electron chi connectivity index (χ3n) is 2.85. The molecule has 1 heterocycles. The third-order valence-corrected chi connectivity index (χ3v) is 4.77. The second-order valence-electron chi connectivity index (χ2n) is 4.04. The molecule has 94 valence electrons. The van der Waals surface area contributed by atoms with Gasteiger partial charge in [0.15, 0.2) is 0 Å². The molecule has 0 atom stereocenters. The maximum Gasteiger partial charge on any atom is 0.246 e. The first-order valence-corrected chi connectivity index (χ1v) is 6.93. The van der Waals surface area contributed by atoms with Gasteiger partial charge in [0.25, 0.3) is 0 Å². The molecule has 0 aliphatic carbocycles. The zero-order chi connectivity index (χ0) is 12.5. The molecule has 0 amide bonds. The Kier molecular flexibility index (Phi) is 3.46. The van der Waals surface area contributed by atoms with Crippen molar-refractivity contribution in [2.45, 2.75) is 11.8 Å². The molecule has 0 aromatic heterocycles. The van der Waals surface area contributed by atoms with Gasteiger partial charge < -0.3 is 5.32 Å². The Balaban J connectivity index is 2.40. The summed E-state index contributed by atoms with van der Waals surface area (Å²) in [6, 6.07) is 4.44. The monoisotopic (exact) mass is 258 g/mol. The SMILES string of the molecule is Cc1cccc(S(=O)(=O)N2CCNCC2)c1F. The lowest BCUT2D eigenvalue weighted by Crippen LogP contribution is -2.46. The van der Waals surface area contributed by atoms with Crippen molar-refractivity contribution >= 4 is 10.0 Å². The standard InChI is InChI=1S/C11H15FN2O2S/c1-9-3-2-4-10(11(9)12)17(15,16)14-7-5-13-6-8-14/h2-4,13H,5-8H2,1H3. The minimum absolute atomic E-state index is 0.223. The fourth-order valence-electron chi connectivity index (χ4n) is 1.84. The maximum absolute atomic E-state index is 13.8. The molecule has 1 aromatic rings. The van der Waals surface area contributed by atoms with Crippen LogP contribution in [0.3, 0.4) is 0 Å². The number of nitrogens with zero attached hydrogens (tertiary/aromatic N) is 1. The van der Waals surface area contributed by atoms with E-state index in [2.05, 4.69) is 5.32 Å². The van der Waals surface area contributed by atoms with Gasteiger partial charge in [-0.05, 0) is 18.6 Å². The third kappa shape index (κ3) is 2.34. The van der Waals surface area contributed by atoms with Crippen LogP contribution in [0, 0.1) is 12.7 Å². The number of hydrogen-bond acceptors (Lipinski definition) is 3. The molecule has 0 unspecified atom stereocenters. The Bertz CT molecular complexity index is 510. The Morgan fingerprint density at radius 1 is 1.29 bits per heavy atom. The lowest BCUT2D eigenvalue weighted by Gasteiger charge is -2.26. The number of sulfonamides is 1. The summed E-state index contributed by atoms with van der Waals surface area (Å²) in [7, 11) is -3.70. The van der Waals surface area contributed by atoms with E-state index >= 15 is 0 Å². The quantitative estimate of drug-likeness (QED) is 0.850. The highest BCUT2D eigenvalue weighted by Crippen LogP contribution is 2.21. The molecule has 0 radical (unpaired) electrons. The highest BCUT2D eigenvalue weighted by molar-refractivity contribution is 7.89. The number of halogens is 1. The van der Waals surface area contributed by atoms with Gasteiger partial charge in [-0.3, -0.25) is 0 Å². The zero-order valence-electron chi connectivity index (χ0n) is 9.61. The van der Waals surface area contributed by atoms with Crippen LogP contribution in [0.15, 0.2) is 23.1 Å². The van der Waals surface area contributed by atoms with Crippen molar-refractivity contribution in [2.75, 3.05) is 26.2 Å². The van der Waals surface area contributed by atoms with E-state index in [1.807, 2.05) is 0 Å². The molecule has 1 aliphatic heterocycles. The molecule has 1 N–H and O–H groups in total. The molecule has 1 fully saturated rings. The average Bonchev–Trinajstić information content (AvgIpc) is 2.33. The summed E-state index contributed by atoms with van der Waals surface area (Å²) >= 11 is 0. The molecule has 0 bridgehead atoms. The number of nitrogens with one attached hydrogen (secondary N) is 1. The summed E-state index contributed by atoms with van der Waals surface area (Å²) in [5.41, 5.74) is 0.348. The first kappa shape index (κ1) is 12.5. The molecule has 1 aliphatic rings. The van der Waals surface area contributed by atoms with Crippen molar-refractivity contribution in [2.24, 2.45) is 0 Å². The molecule has 6 heteroatoms. The zero-order valence-corrected chi connectivity index (χ0v) is 10.4. The highest BCUT2D eigenvalue weighted by Gasteiger charge is 2.28. The van der Waals surface area contributed by atoms with Gasteiger partial charge in [0.1, 0.15) is 10.7 Å². The number of aryl methyl sites for hydroxylation is 1. The van der Waals surface area contributed by atoms with Gasteiger partial charge in [0.05, 0.1) is 0 Å².